The van der Waals surface area contributed by atoms with Crippen LogP contribution >= 0.6 is 7.60 Å². The number of hydrogen-bond donors (Lipinski definition) is 0. The lowest BCUT2D eigenvalue weighted by molar-refractivity contribution is -0.137. The Hall–Kier alpha value is -0.640. The molecule has 0 heterocycles. The van der Waals surface area contributed by atoms with Gasteiger partial charge >= 0.3 is 13.6 Å². The topological polar surface area (TPSA) is 61.8 Å². The number of ether oxygens (including phenoxy) is 1. The summed E-state index contributed by atoms with van der Waals surface area (Å²) in [4.78, 5) is 11.2. The first-order chi connectivity index (χ1) is 7.97. The molecule has 0 unspecified atom stereocenters. The summed E-state index contributed by atoms with van der Waals surface area (Å²) in [6.45, 7) is 7.85. The Morgan fingerprint density at radius 2 is 1.65 bits per heavy atom. The predicted molar refractivity (Wildman–Crippen MR) is 66.1 cm³/mol. The molecule has 0 rings (SSSR count). The van der Waals surface area contributed by atoms with Crippen LogP contribution in [-0.4, -0.2) is 32.0 Å². The van der Waals surface area contributed by atoms with E-state index in [0.29, 0.717) is 25.4 Å². The van der Waals surface area contributed by atoms with Crippen LogP contribution in [0.4, 0.5) is 0 Å². The van der Waals surface area contributed by atoms with Gasteiger partial charge in [-0.2, -0.15) is 0 Å². The molecule has 0 aromatic heterocycles. The Bertz CT molecular complexity index is 301. The number of carbonyl (C=O) groups excluding carboxylic acids is 1. The molecule has 0 saturated heterocycles. The summed E-state index contributed by atoms with van der Waals surface area (Å²) in [6.07, 6.45) is 1.42. The van der Waals surface area contributed by atoms with E-state index in [1.807, 2.05) is 0 Å². The highest BCUT2D eigenvalue weighted by Gasteiger charge is 2.24. The molecule has 0 aromatic rings. The average Bonchev–Trinajstić information content (AvgIpc) is 2.17. The van der Waals surface area contributed by atoms with Crippen LogP contribution in [0.2, 0.25) is 0 Å². The van der Waals surface area contributed by atoms with E-state index in [1.54, 1.807) is 27.7 Å². The fourth-order valence-corrected chi connectivity index (χ4v) is 3.00. The first kappa shape index (κ1) is 16.4. The lowest BCUT2D eigenvalue weighted by Crippen LogP contribution is -2.05. The van der Waals surface area contributed by atoms with Gasteiger partial charge in [0.05, 0.1) is 26.0 Å². The van der Waals surface area contributed by atoms with E-state index in [4.69, 9.17) is 13.8 Å². The molecule has 0 bridgehead atoms. The molecule has 6 heteroatoms. The van der Waals surface area contributed by atoms with Gasteiger partial charge in [-0.3, -0.25) is 4.57 Å². The Morgan fingerprint density at radius 3 is 2.06 bits per heavy atom. The molecule has 5 nitrogen and oxygen atoms in total. The minimum Gasteiger partial charge on any atom is -0.463 e. The Balaban J connectivity index is 4.54. The zero-order valence-electron chi connectivity index (χ0n) is 10.9. The smallest absolute Gasteiger partial charge is 0.334 e. The molecule has 0 amide bonds. The molecule has 0 atom stereocenters. The van der Waals surface area contributed by atoms with Gasteiger partial charge in [-0.25, -0.2) is 4.79 Å². The summed E-state index contributed by atoms with van der Waals surface area (Å²) in [5.74, 6) is -0.440. The summed E-state index contributed by atoms with van der Waals surface area (Å²) in [6, 6.07) is 0. The van der Waals surface area contributed by atoms with E-state index in [0.717, 1.165) is 0 Å². The molecule has 0 aliphatic carbocycles. The molecular weight excluding hydrogens is 243 g/mol. The highest BCUT2D eigenvalue weighted by Crippen LogP contribution is 2.49. The van der Waals surface area contributed by atoms with Gasteiger partial charge in [0.1, 0.15) is 0 Å². The summed E-state index contributed by atoms with van der Waals surface area (Å²) in [5, 5.41) is 0. The van der Waals surface area contributed by atoms with Crippen molar-refractivity contribution in [3.05, 3.63) is 11.6 Å². The van der Waals surface area contributed by atoms with Crippen LogP contribution in [0.1, 0.15) is 27.7 Å². The zero-order chi connectivity index (χ0) is 13.3. The quantitative estimate of drug-likeness (QED) is 0.383. The summed E-state index contributed by atoms with van der Waals surface area (Å²) in [7, 11) is -3.13. The second-order valence-corrected chi connectivity index (χ2v) is 5.40. The van der Waals surface area contributed by atoms with Crippen molar-refractivity contribution in [1.82, 2.24) is 0 Å². The maximum absolute atomic E-state index is 12.1. The summed E-state index contributed by atoms with van der Waals surface area (Å²) in [5.41, 5.74) is 0.619. The molecule has 0 saturated carbocycles. The van der Waals surface area contributed by atoms with Crippen molar-refractivity contribution in [2.24, 2.45) is 0 Å². The molecule has 0 fully saturated rings. The minimum atomic E-state index is -3.13. The number of rotatable bonds is 8. The lowest BCUT2D eigenvalue weighted by Gasteiger charge is -2.16. The lowest BCUT2D eigenvalue weighted by atomic mass is 10.3. The van der Waals surface area contributed by atoms with Crippen LogP contribution in [0, 0.1) is 0 Å². The Labute approximate surface area is 103 Å². The minimum absolute atomic E-state index is 0.105. The Kier molecular flexibility index (Phi) is 8.13. The van der Waals surface area contributed by atoms with Gasteiger partial charge in [-0.1, -0.05) is 5.57 Å². The molecule has 0 N–H and O–H groups in total. The highest BCUT2D eigenvalue weighted by molar-refractivity contribution is 7.54. The molecule has 17 heavy (non-hydrogen) atoms. The molecule has 0 spiro atoms. The van der Waals surface area contributed by atoms with Gasteiger partial charge in [-0.15, -0.1) is 0 Å². The fourth-order valence-electron chi connectivity index (χ4n) is 1.26. The van der Waals surface area contributed by atoms with E-state index < -0.39 is 13.6 Å². The van der Waals surface area contributed by atoms with Crippen molar-refractivity contribution < 1.29 is 23.1 Å². The molecular formula is C11H21O5P. The monoisotopic (exact) mass is 264 g/mol. The number of hydrogen-bond acceptors (Lipinski definition) is 5. The predicted octanol–water partition coefficient (Wildman–Crippen LogP) is 2.76. The van der Waals surface area contributed by atoms with Crippen LogP contribution in [-0.2, 0) is 23.1 Å². The second-order valence-electron chi connectivity index (χ2n) is 3.35. The fraction of sp³-hybridized carbons (Fsp3) is 0.727. The van der Waals surface area contributed by atoms with E-state index >= 15 is 0 Å². The van der Waals surface area contributed by atoms with E-state index in [9.17, 15) is 9.36 Å². The van der Waals surface area contributed by atoms with Gasteiger partial charge in [0.25, 0.3) is 0 Å². The zero-order valence-corrected chi connectivity index (χ0v) is 11.8. The summed E-state index contributed by atoms with van der Waals surface area (Å²) < 4.78 is 27.1. The third kappa shape index (κ3) is 7.31. The normalized spacial score (nSPS) is 12.6. The van der Waals surface area contributed by atoms with Crippen molar-refractivity contribution in [3.8, 4) is 0 Å². The van der Waals surface area contributed by atoms with Gasteiger partial charge in [0.15, 0.2) is 0 Å². The largest absolute Gasteiger partial charge is 0.463 e. The maximum Gasteiger partial charge on any atom is 0.334 e. The molecule has 0 aromatic carbocycles. The standard InChI is InChI=1S/C11H21O5P/c1-5-14-11(12)8-10(4)9-17(13,15-6-2)16-7-3/h8H,5-7,9H2,1-4H3/b10-8+. The van der Waals surface area contributed by atoms with Crippen LogP contribution in [0.15, 0.2) is 11.6 Å². The third-order valence-corrected chi connectivity index (χ3v) is 3.93. The average molecular weight is 264 g/mol. The van der Waals surface area contributed by atoms with Crippen molar-refractivity contribution >= 4 is 13.6 Å². The molecule has 0 aliphatic rings. The second kappa shape index (κ2) is 8.45. The van der Waals surface area contributed by atoms with Crippen LogP contribution in [0.5, 0.6) is 0 Å². The molecule has 0 aliphatic heterocycles. The number of carbonyl (C=O) groups is 1. The summed E-state index contributed by atoms with van der Waals surface area (Å²) >= 11 is 0. The van der Waals surface area contributed by atoms with Crippen LogP contribution in [0.3, 0.4) is 0 Å². The Morgan fingerprint density at radius 1 is 1.12 bits per heavy atom. The van der Waals surface area contributed by atoms with Gasteiger partial charge in [0.2, 0.25) is 0 Å². The first-order valence-corrected chi connectivity index (χ1v) is 7.42. The maximum atomic E-state index is 12.1. The van der Waals surface area contributed by atoms with Crippen LogP contribution in [0.25, 0.3) is 0 Å². The van der Waals surface area contributed by atoms with Crippen LogP contribution < -0.4 is 0 Å². The van der Waals surface area contributed by atoms with E-state index in [1.165, 1.54) is 6.08 Å². The molecule has 100 valence electrons. The van der Waals surface area contributed by atoms with E-state index in [2.05, 4.69) is 0 Å². The SMILES string of the molecule is CCOC(=O)/C=C(\C)CP(=O)(OCC)OCC. The van der Waals surface area contributed by atoms with Gasteiger partial charge in [-0.05, 0) is 27.7 Å². The number of allylic oxidation sites excluding steroid dienone is 1. The molecule has 0 radical (unpaired) electrons. The van der Waals surface area contributed by atoms with E-state index in [-0.39, 0.29) is 6.16 Å². The van der Waals surface area contributed by atoms with Crippen molar-refractivity contribution in [2.75, 3.05) is 26.0 Å². The highest BCUT2D eigenvalue weighted by atomic mass is 31.2. The number of esters is 1. The van der Waals surface area contributed by atoms with Gasteiger partial charge in [0, 0.05) is 6.08 Å². The van der Waals surface area contributed by atoms with Gasteiger partial charge < -0.3 is 13.8 Å². The van der Waals surface area contributed by atoms with Crippen molar-refractivity contribution in [1.29, 1.82) is 0 Å². The first-order valence-electron chi connectivity index (χ1n) is 5.69. The van der Waals surface area contributed by atoms with Crippen molar-refractivity contribution in [3.63, 3.8) is 0 Å². The van der Waals surface area contributed by atoms with Crippen molar-refractivity contribution in [2.45, 2.75) is 27.7 Å². The third-order valence-electron chi connectivity index (χ3n) is 1.75.